The van der Waals surface area contributed by atoms with Gasteiger partial charge in [0.2, 0.25) is 0 Å². The summed E-state index contributed by atoms with van der Waals surface area (Å²) in [6, 6.07) is 11.8. The quantitative estimate of drug-likeness (QED) is 0.738. The summed E-state index contributed by atoms with van der Waals surface area (Å²) in [5.74, 6) is 2.01. The highest BCUT2D eigenvalue weighted by atomic mass is 32.2. The van der Waals surface area contributed by atoms with Crippen molar-refractivity contribution >= 4 is 15.7 Å². The van der Waals surface area contributed by atoms with Crippen LogP contribution < -0.4 is 4.72 Å². The largest absolute Gasteiger partial charge is 0.506 e. The fraction of sp³-hybridized carbons (Fsp3) is 0.458. The maximum atomic E-state index is 13.2. The van der Waals surface area contributed by atoms with Crippen molar-refractivity contribution in [3.05, 3.63) is 53.1 Å². The van der Waals surface area contributed by atoms with E-state index in [0.717, 1.165) is 30.4 Å². The minimum atomic E-state index is -3.96. The van der Waals surface area contributed by atoms with Crippen molar-refractivity contribution in [2.24, 2.45) is 17.8 Å². The number of nitriles is 1. The molecule has 5 nitrogen and oxygen atoms in total. The summed E-state index contributed by atoms with van der Waals surface area (Å²) < 4.78 is 28.9. The lowest BCUT2D eigenvalue weighted by Crippen LogP contribution is -2.48. The number of hydrogen-bond donors (Lipinski definition) is 2. The van der Waals surface area contributed by atoms with Crippen molar-refractivity contribution in [2.75, 3.05) is 4.72 Å². The Bertz CT molecular complexity index is 1110. The summed E-state index contributed by atoms with van der Waals surface area (Å²) in [6.07, 6.45) is 7.03. The molecule has 0 unspecified atom stereocenters. The highest BCUT2D eigenvalue weighted by Crippen LogP contribution is 2.62. The molecule has 0 heterocycles. The van der Waals surface area contributed by atoms with Crippen molar-refractivity contribution in [1.29, 1.82) is 5.26 Å². The van der Waals surface area contributed by atoms with Gasteiger partial charge in [0.1, 0.15) is 10.6 Å². The Morgan fingerprint density at radius 2 is 1.60 bits per heavy atom. The Kier molecular flexibility index (Phi) is 4.37. The summed E-state index contributed by atoms with van der Waals surface area (Å²) in [6.45, 7) is 1.89. The standard InChI is InChI=1S/C24H26N2O3S/c1-15-6-21(24-11-17-8-18(12-24)10-19(9-17)13-24)23(27)22(7-15)30(28,29)26-20-4-2-16(14-25)3-5-20/h2-7,17-19,26-27H,8-13H2,1H3. The van der Waals surface area contributed by atoms with Gasteiger partial charge in [-0.3, -0.25) is 4.72 Å². The smallest absolute Gasteiger partial charge is 0.265 e. The molecule has 0 radical (unpaired) electrons. The number of rotatable bonds is 4. The number of nitrogens with zero attached hydrogens (tertiary/aromatic N) is 1. The predicted octanol–water partition coefficient (Wildman–Crippen LogP) is 4.84. The highest BCUT2D eigenvalue weighted by Gasteiger charge is 2.52. The van der Waals surface area contributed by atoms with Gasteiger partial charge in [0.15, 0.2) is 0 Å². The summed E-state index contributed by atoms with van der Waals surface area (Å²) in [4.78, 5) is -0.0578. The molecule has 4 aliphatic rings. The molecule has 4 aliphatic carbocycles. The number of anilines is 1. The molecule has 0 aromatic heterocycles. The molecule has 6 heteroatoms. The van der Waals surface area contributed by atoms with Crippen LogP contribution in [0.15, 0.2) is 41.3 Å². The summed E-state index contributed by atoms with van der Waals surface area (Å²) in [5, 5.41) is 20.1. The number of aryl methyl sites for hydroxylation is 1. The molecule has 0 aliphatic heterocycles. The van der Waals surface area contributed by atoms with Gasteiger partial charge in [-0.2, -0.15) is 5.26 Å². The lowest BCUT2D eigenvalue weighted by Gasteiger charge is -2.57. The molecule has 2 N–H and O–H groups in total. The molecule has 6 rings (SSSR count). The zero-order chi connectivity index (χ0) is 21.1. The van der Waals surface area contributed by atoms with Crippen molar-refractivity contribution < 1.29 is 13.5 Å². The average molecular weight is 423 g/mol. The van der Waals surface area contributed by atoms with Crippen molar-refractivity contribution in [1.82, 2.24) is 0 Å². The minimum Gasteiger partial charge on any atom is -0.506 e. The summed E-state index contributed by atoms with van der Waals surface area (Å²) in [5.41, 5.74) is 2.40. The first-order valence-corrected chi connectivity index (χ1v) is 12.1. The number of benzene rings is 2. The zero-order valence-corrected chi connectivity index (χ0v) is 17.9. The van der Waals surface area contributed by atoms with Crippen LogP contribution in [0.5, 0.6) is 5.75 Å². The van der Waals surface area contributed by atoms with Gasteiger partial charge in [-0.25, -0.2) is 8.42 Å². The van der Waals surface area contributed by atoms with Crippen LogP contribution in [0.1, 0.15) is 55.2 Å². The van der Waals surface area contributed by atoms with Gasteiger partial charge < -0.3 is 5.11 Å². The van der Waals surface area contributed by atoms with E-state index in [0.29, 0.717) is 29.0 Å². The van der Waals surface area contributed by atoms with Crippen LogP contribution in [0.3, 0.4) is 0 Å². The number of nitrogens with one attached hydrogen (secondary N) is 1. The topological polar surface area (TPSA) is 90.2 Å². The van der Waals surface area contributed by atoms with E-state index in [1.165, 1.54) is 19.3 Å². The normalized spacial score (nSPS) is 29.5. The van der Waals surface area contributed by atoms with Crippen LogP contribution in [0.4, 0.5) is 5.69 Å². The molecule has 2 aromatic carbocycles. The Morgan fingerprint density at radius 1 is 1.03 bits per heavy atom. The first kappa shape index (κ1) is 19.4. The van der Waals surface area contributed by atoms with Crippen LogP contribution in [-0.2, 0) is 15.4 Å². The molecule has 0 atom stereocenters. The monoisotopic (exact) mass is 422 g/mol. The predicted molar refractivity (Wildman–Crippen MR) is 115 cm³/mol. The molecule has 0 saturated heterocycles. The Balaban J connectivity index is 1.54. The molecule has 0 amide bonds. The first-order valence-electron chi connectivity index (χ1n) is 10.6. The Morgan fingerprint density at radius 3 is 2.13 bits per heavy atom. The van der Waals surface area contributed by atoms with E-state index in [2.05, 4.69) is 4.72 Å². The highest BCUT2D eigenvalue weighted by molar-refractivity contribution is 7.92. The number of aromatic hydroxyl groups is 1. The van der Waals surface area contributed by atoms with E-state index >= 15 is 0 Å². The van der Waals surface area contributed by atoms with E-state index in [1.807, 2.05) is 19.1 Å². The first-order chi connectivity index (χ1) is 14.3. The number of phenolic OH excluding ortho intramolecular Hbond substituents is 1. The van der Waals surface area contributed by atoms with Crippen LogP contribution in [-0.4, -0.2) is 13.5 Å². The lowest BCUT2D eigenvalue weighted by molar-refractivity contribution is -0.00631. The third-order valence-electron chi connectivity index (χ3n) is 7.38. The van der Waals surface area contributed by atoms with Gasteiger partial charge in [0.05, 0.1) is 11.6 Å². The molecule has 4 fully saturated rings. The maximum Gasteiger partial charge on any atom is 0.265 e. The fourth-order valence-electron chi connectivity index (χ4n) is 6.62. The van der Waals surface area contributed by atoms with Gasteiger partial charge in [0, 0.05) is 11.3 Å². The molecular weight excluding hydrogens is 396 g/mol. The van der Waals surface area contributed by atoms with Crippen LogP contribution in [0.25, 0.3) is 0 Å². The van der Waals surface area contributed by atoms with Gasteiger partial charge in [-0.1, -0.05) is 6.07 Å². The maximum absolute atomic E-state index is 13.2. The van der Waals surface area contributed by atoms with E-state index in [-0.39, 0.29) is 16.1 Å². The molecule has 156 valence electrons. The Hall–Kier alpha value is -2.52. The SMILES string of the molecule is Cc1cc(C23CC4CC(CC(C4)C2)C3)c(O)c(S(=O)(=O)Nc2ccc(C#N)cc2)c1. The van der Waals surface area contributed by atoms with E-state index in [4.69, 9.17) is 5.26 Å². The van der Waals surface area contributed by atoms with E-state index in [9.17, 15) is 13.5 Å². The second kappa shape index (κ2) is 6.75. The lowest BCUT2D eigenvalue weighted by atomic mass is 9.48. The van der Waals surface area contributed by atoms with Crippen molar-refractivity contribution in [3.63, 3.8) is 0 Å². The van der Waals surface area contributed by atoms with Crippen molar-refractivity contribution in [2.45, 2.75) is 55.8 Å². The third-order valence-corrected chi connectivity index (χ3v) is 8.78. The van der Waals surface area contributed by atoms with Gasteiger partial charge in [-0.15, -0.1) is 0 Å². The van der Waals surface area contributed by atoms with Gasteiger partial charge in [-0.05, 0) is 105 Å². The molecule has 2 aromatic rings. The van der Waals surface area contributed by atoms with Gasteiger partial charge >= 0.3 is 0 Å². The van der Waals surface area contributed by atoms with Crippen molar-refractivity contribution in [3.8, 4) is 11.8 Å². The molecular formula is C24H26N2O3S. The minimum absolute atomic E-state index is 0.0578. The van der Waals surface area contributed by atoms with Crippen LogP contribution >= 0.6 is 0 Å². The number of phenols is 1. The van der Waals surface area contributed by atoms with Gasteiger partial charge in [0.25, 0.3) is 10.0 Å². The summed E-state index contributed by atoms with van der Waals surface area (Å²) in [7, 11) is -3.96. The second-order valence-electron chi connectivity index (χ2n) is 9.65. The van der Waals surface area contributed by atoms with Crippen LogP contribution in [0.2, 0.25) is 0 Å². The third kappa shape index (κ3) is 3.16. The number of hydrogen-bond acceptors (Lipinski definition) is 4. The summed E-state index contributed by atoms with van der Waals surface area (Å²) >= 11 is 0. The average Bonchev–Trinajstić information content (AvgIpc) is 2.68. The van der Waals surface area contributed by atoms with E-state index in [1.54, 1.807) is 30.3 Å². The molecule has 0 spiro atoms. The molecule has 4 bridgehead atoms. The Labute approximate surface area is 177 Å². The second-order valence-corrected chi connectivity index (χ2v) is 11.3. The zero-order valence-electron chi connectivity index (χ0n) is 17.1. The fourth-order valence-corrected chi connectivity index (χ4v) is 7.88. The van der Waals surface area contributed by atoms with E-state index < -0.39 is 10.0 Å². The van der Waals surface area contributed by atoms with Crippen LogP contribution in [0, 0.1) is 36.0 Å². The molecule has 4 saturated carbocycles. The molecule has 30 heavy (non-hydrogen) atoms. The number of sulfonamides is 1.